The van der Waals surface area contributed by atoms with E-state index in [0.29, 0.717) is 5.69 Å². The second kappa shape index (κ2) is 8.33. The molecule has 32 heavy (non-hydrogen) atoms. The number of allylic oxidation sites excluding steroid dienone is 1. The van der Waals surface area contributed by atoms with Gasteiger partial charge in [-0.2, -0.15) is 13.2 Å². The van der Waals surface area contributed by atoms with Crippen LogP contribution in [0.2, 0.25) is 0 Å². The Morgan fingerprint density at radius 3 is 2.59 bits per heavy atom. The van der Waals surface area contributed by atoms with Gasteiger partial charge in [0.25, 0.3) is 5.91 Å². The molecule has 1 aromatic carbocycles. The minimum atomic E-state index is -4.65. The number of carbonyl (C=O) groups is 1. The number of rotatable bonds is 5. The quantitative estimate of drug-likeness (QED) is 0.488. The van der Waals surface area contributed by atoms with Crippen LogP contribution >= 0.6 is 0 Å². The molecule has 2 heterocycles. The second-order valence-electron chi connectivity index (χ2n) is 7.43. The molecular weight excluding hydrogens is 419 g/mol. The number of benzene rings is 1. The number of alkyl halides is 3. The van der Waals surface area contributed by atoms with Gasteiger partial charge >= 0.3 is 6.18 Å². The summed E-state index contributed by atoms with van der Waals surface area (Å²) in [6, 6.07) is 10.0. The largest absolute Gasteiger partial charge is 0.419 e. The van der Waals surface area contributed by atoms with Crippen LogP contribution < -0.4 is 16.0 Å². The zero-order chi connectivity index (χ0) is 22.9. The molecule has 164 valence electrons. The van der Waals surface area contributed by atoms with E-state index >= 15 is 0 Å². The van der Waals surface area contributed by atoms with Gasteiger partial charge in [-0.3, -0.25) is 4.79 Å². The van der Waals surface area contributed by atoms with Gasteiger partial charge in [-0.25, -0.2) is 9.97 Å². The first-order valence-electron chi connectivity index (χ1n) is 9.81. The van der Waals surface area contributed by atoms with Gasteiger partial charge in [0.05, 0.1) is 16.8 Å². The molecule has 0 radical (unpaired) electrons. The Hall–Kier alpha value is -3.88. The van der Waals surface area contributed by atoms with Crippen LogP contribution in [0.1, 0.15) is 27.0 Å². The van der Waals surface area contributed by atoms with E-state index in [2.05, 4.69) is 32.5 Å². The third-order valence-corrected chi connectivity index (χ3v) is 5.10. The average molecular weight is 439 g/mol. The number of pyridine rings is 2. The summed E-state index contributed by atoms with van der Waals surface area (Å²) in [6.07, 6.45) is -0.896. The molecule has 9 heteroatoms. The second-order valence-corrected chi connectivity index (χ2v) is 7.43. The van der Waals surface area contributed by atoms with Crippen LogP contribution in [0.4, 0.5) is 36.2 Å². The fourth-order valence-electron chi connectivity index (χ4n) is 3.59. The lowest BCUT2D eigenvalue weighted by Crippen LogP contribution is -2.20. The maximum Gasteiger partial charge on any atom is 0.419 e. The number of fused-ring (bicyclic) bond motifs is 1. The Labute approximate surface area is 182 Å². The molecule has 3 aromatic rings. The third-order valence-electron chi connectivity index (χ3n) is 5.10. The normalized spacial score (nSPS) is 12.9. The maximum atomic E-state index is 13.6. The van der Waals surface area contributed by atoms with Gasteiger partial charge in [0.15, 0.2) is 0 Å². The monoisotopic (exact) mass is 439 g/mol. The highest BCUT2D eigenvalue weighted by molar-refractivity contribution is 5.99. The van der Waals surface area contributed by atoms with Crippen LogP contribution in [0.5, 0.6) is 0 Å². The van der Waals surface area contributed by atoms with Crippen LogP contribution in [0.25, 0.3) is 0 Å². The summed E-state index contributed by atoms with van der Waals surface area (Å²) in [6.45, 7) is 4.01. The molecule has 0 atom stereocenters. The first-order valence-corrected chi connectivity index (χ1v) is 9.81. The first-order chi connectivity index (χ1) is 15.2. The predicted molar refractivity (Wildman–Crippen MR) is 116 cm³/mol. The van der Waals surface area contributed by atoms with Gasteiger partial charge in [-0.05, 0) is 48.2 Å². The molecule has 0 aliphatic heterocycles. The van der Waals surface area contributed by atoms with Gasteiger partial charge < -0.3 is 16.0 Å². The number of carbonyl (C=O) groups excluding carboxylic acids is 1. The van der Waals surface area contributed by atoms with Gasteiger partial charge in [-0.1, -0.05) is 18.2 Å². The van der Waals surface area contributed by atoms with E-state index in [0.717, 1.165) is 30.2 Å². The van der Waals surface area contributed by atoms with Crippen molar-refractivity contribution in [1.82, 2.24) is 15.3 Å². The van der Waals surface area contributed by atoms with Crippen molar-refractivity contribution in [2.75, 3.05) is 17.7 Å². The summed E-state index contributed by atoms with van der Waals surface area (Å²) in [5.41, 5.74) is 3.04. The van der Waals surface area contributed by atoms with Gasteiger partial charge in [0, 0.05) is 31.2 Å². The molecule has 1 aliphatic rings. The van der Waals surface area contributed by atoms with Gasteiger partial charge in [-0.15, -0.1) is 0 Å². The van der Waals surface area contributed by atoms with Crippen LogP contribution in [-0.2, 0) is 19.0 Å². The predicted octanol–water partition coefficient (Wildman–Crippen LogP) is 5.00. The van der Waals surface area contributed by atoms with Crippen molar-refractivity contribution in [3.8, 4) is 0 Å². The van der Waals surface area contributed by atoms with Crippen molar-refractivity contribution in [3.63, 3.8) is 0 Å². The summed E-state index contributed by atoms with van der Waals surface area (Å²) in [5.74, 6) is -0.249. The highest BCUT2D eigenvalue weighted by Gasteiger charge is 2.34. The van der Waals surface area contributed by atoms with E-state index < -0.39 is 17.6 Å². The fourth-order valence-corrected chi connectivity index (χ4v) is 3.59. The smallest absolute Gasteiger partial charge is 0.355 e. The maximum absolute atomic E-state index is 13.6. The molecule has 3 N–H and O–H groups in total. The summed E-state index contributed by atoms with van der Waals surface area (Å²) in [7, 11) is 1.43. The van der Waals surface area contributed by atoms with Crippen molar-refractivity contribution in [3.05, 3.63) is 83.2 Å². The molecule has 1 amide bonds. The number of aromatic nitrogens is 2. The first kappa shape index (κ1) is 21.4. The molecule has 0 spiro atoms. The molecule has 2 aromatic heterocycles. The number of hydrogen-bond acceptors (Lipinski definition) is 5. The van der Waals surface area contributed by atoms with Crippen LogP contribution in [-0.4, -0.2) is 22.9 Å². The number of halogens is 3. The number of hydrogen-bond donors (Lipinski definition) is 3. The van der Waals surface area contributed by atoms with Crippen LogP contribution in [0.3, 0.4) is 0 Å². The zero-order valence-corrected chi connectivity index (χ0v) is 17.2. The number of nitrogens with zero attached hydrogens (tertiary/aromatic N) is 2. The van der Waals surface area contributed by atoms with Crippen molar-refractivity contribution in [1.29, 1.82) is 0 Å². The molecule has 6 nitrogen and oxygen atoms in total. The number of amides is 1. The van der Waals surface area contributed by atoms with E-state index in [1.165, 1.54) is 37.0 Å². The standard InChI is InChI=1S/C23H20F3N5O/c1-13-8-14-5-6-16(10-15(14)9-13)30-20-11-19(18(12-29-20)23(24,25)26)31-21-17(22(32)27-2)4-3-7-28-21/h3-7,10-12H,1,8-9H2,2H3,(H,27,32)(H2,28,29,30,31). The average Bonchev–Trinajstić information content (AvgIpc) is 3.12. The summed E-state index contributed by atoms with van der Waals surface area (Å²) >= 11 is 0. The lowest BCUT2D eigenvalue weighted by molar-refractivity contribution is -0.137. The van der Waals surface area contributed by atoms with Crippen LogP contribution in [0.15, 0.2) is 60.9 Å². The highest BCUT2D eigenvalue weighted by atomic mass is 19.4. The van der Waals surface area contributed by atoms with Crippen molar-refractivity contribution in [2.24, 2.45) is 0 Å². The molecule has 0 saturated carbocycles. The molecule has 0 saturated heterocycles. The molecule has 0 bridgehead atoms. The summed E-state index contributed by atoms with van der Waals surface area (Å²) < 4.78 is 40.8. The molecule has 0 fully saturated rings. The Bertz CT molecular complexity index is 1210. The van der Waals surface area contributed by atoms with Crippen molar-refractivity contribution < 1.29 is 18.0 Å². The van der Waals surface area contributed by atoms with Crippen LogP contribution in [0, 0.1) is 0 Å². The Balaban J connectivity index is 1.68. The summed E-state index contributed by atoms with van der Waals surface area (Å²) in [5, 5.41) is 8.15. The minimum absolute atomic E-state index is 0.00513. The van der Waals surface area contributed by atoms with Gasteiger partial charge in [0.1, 0.15) is 11.6 Å². The van der Waals surface area contributed by atoms with Crippen molar-refractivity contribution in [2.45, 2.75) is 19.0 Å². The third kappa shape index (κ3) is 4.41. The van der Waals surface area contributed by atoms with Gasteiger partial charge in [0.2, 0.25) is 0 Å². The number of nitrogens with one attached hydrogen (secondary N) is 3. The summed E-state index contributed by atoms with van der Waals surface area (Å²) in [4.78, 5) is 20.1. The van der Waals surface area contributed by atoms with E-state index in [9.17, 15) is 18.0 Å². The Kier molecular flexibility index (Phi) is 5.56. The number of anilines is 4. The molecule has 1 aliphatic carbocycles. The fraction of sp³-hybridized carbons (Fsp3) is 0.174. The van der Waals surface area contributed by atoms with E-state index in [4.69, 9.17) is 0 Å². The molecule has 4 rings (SSSR count). The van der Waals surface area contributed by atoms with Crippen molar-refractivity contribution >= 4 is 28.9 Å². The lowest BCUT2D eigenvalue weighted by atomic mass is 10.1. The topological polar surface area (TPSA) is 78.9 Å². The Morgan fingerprint density at radius 2 is 1.84 bits per heavy atom. The van der Waals surface area contributed by atoms with E-state index in [-0.39, 0.29) is 22.9 Å². The Morgan fingerprint density at radius 1 is 1.06 bits per heavy atom. The minimum Gasteiger partial charge on any atom is -0.355 e. The highest BCUT2D eigenvalue weighted by Crippen LogP contribution is 2.37. The zero-order valence-electron chi connectivity index (χ0n) is 17.2. The SMILES string of the molecule is C=C1Cc2ccc(Nc3cc(Nc4ncccc4C(=O)NC)c(C(F)(F)F)cn3)cc2C1. The lowest BCUT2D eigenvalue weighted by Gasteiger charge is -2.17. The van der Waals surface area contributed by atoms with E-state index in [1.807, 2.05) is 18.2 Å². The molecule has 0 unspecified atom stereocenters. The van der Waals surface area contributed by atoms with E-state index in [1.54, 1.807) is 0 Å². The molecular formula is C23H20F3N5O.